The Morgan fingerprint density at radius 2 is 1.75 bits per heavy atom. The van der Waals surface area contributed by atoms with Crippen LogP contribution in [0.2, 0.25) is 0 Å². The highest BCUT2D eigenvalue weighted by Gasteiger charge is 2.05. The molecule has 0 saturated heterocycles. The van der Waals surface area contributed by atoms with Crippen LogP contribution in [-0.2, 0) is 0 Å². The number of halogens is 2. The first kappa shape index (κ1) is 10.5. The quantitative estimate of drug-likeness (QED) is 0.802. The summed E-state index contributed by atoms with van der Waals surface area (Å²) in [5.41, 5.74) is 0.342. The molecule has 2 rings (SSSR count). The zero-order valence-electron chi connectivity index (χ0n) is 8.42. The number of benzene rings is 1. The van der Waals surface area contributed by atoms with E-state index in [1.165, 1.54) is 6.07 Å². The van der Waals surface area contributed by atoms with Crippen LogP contribution in [0.25, 0.3) is 11.4 Å². The number of nitrogens with one attached hydrogen (secondary N) is 1. The Balaban J connectivity index is 2.62. The molecule has 0 aliphatic rings. The molecule has 82 valence electrons. The van der Waals surface area contributed by atoms with Gasteiger partial charge < -0.3 is 4.98 Å². The maximum absolute atomic E-state index is 13.0. The third kappa shape index (κ3) is 2.13. The SMILES string of the molecule is Cc1cc(=O)[nH]c(-c2cc(F)cc(F)c2)n1. The number of hydrogen-bond donors (Lipinski definition) is 1. The minimum absolute atomic E-state index is 0.156. The summed E-state index contributed by atoms with van der Waals surface area (Å²) in [5, 5.41) is 0. The van der Waals surface area contributed by atoms with Gasteiger partial charge in [0.2, 0.25) is 0 Å². The van der Waals surface area contributed by atoms with Crippen LogP contribution in [0.4, 0.5) is 8.78 Å². The van der Waals surface area contributed by atoms with E-state index in [1.54, 1.807) is 6.92 Å². The number of rotatable bonds is 1. The fourth-order valence-electron chi connectivity index (χ4n) is 1.41. The summed E-state index contributed by atoms with van der Waals surface area (Å²) >= 11 is 0. The zero-order chi connectivity index (χ0) is 11.7. The third-order valence-corrected chi connectivity index (χ3v) is 2.01. The predicted octanol–water partition coefficient (Wildman–Crippen LogP) is 2.02. The van der Waals surface area contributed by atoms with Gasteiger partial charge in [0.05, 0.1) is 0 Å². The molecule has 0 atom stereocenters. The minimum atomic E-state index is -0.709. The molecule has 0 unspecified atom stereocenters. The number of hydrogen-bond acceptors (Lipinski definition) is 2. The molecule has 0 fully saturated rings. The summed E-state index contributed by atoms with van der Waals surface area (Å²) < 4.78 is 25.9. The van der Waals surface area contributed by atoms with Gasteiger partial charge in [-0.3, -0.25) is 4.79 Å². The van der Waals surface area contributed by atoms with Crippen LogP contribution in [0.15, 0.2) is 29.1 Å². The first-order valence-electron chi connectivity index (χ1n) is 4.59. The van der Waals surface area contributed by atoms with Crippen LogP contribution in [0.3, 0.4) is 0 Å². The number of aromatic amines is 1. The Hall–Kier alpha value is -2.04. The average molecular weight is 222 g/mol. The van der Waals surface area contributed by atoms with E-state index >= 15 is 0 Å². The molecule has 0 amide bonds. The van der Waals surface area contributed by atoms with E-state index < -0.39 is 11.6 Å². The normalized spacial score (nSPS) is 10.4. The molecule has 16 heavy (non-hydrogen) atoms. The smallest absolute Gasteiger partial charge is 0.251 e. The lowest BCUT2D eigenvalue weighted by molar-refractivity contribution is 0.584. The lowest BCUT2D eigenvalue weighted by atomic mass is 10.2. The van der Waals surface area contributed by atoms with Crippen molar-refractivity contribution in [1.29, 1.82) is 0 Å². The molecule has 2 aromatic rings. The van der Waals surface area contributed by atoms with E-state index in [1.807, 2.05) is 0 Å². The first-order valence-corrected chi connectivity index (χ1v) is 4.59. The van der Waals surface area contributed by atoms with Crippen LogP contribution >= 0.6 is 0 Å². The molecule has 0 spiro atoms. The molecule has 0 aliphatic heterocycles. The van der Waals surface area contributed by atoms with Crippen molar-refractivity contribution in [2.45, 2.75) is 6.92 Å². The van der Waals surface area contributed by atoms with Crippen molar-refractivity contribution in [3.63, 3.8) is 0 Å². The van der Waals surface area contributed by atoms with Gasteiger partial charge >= 0.3 is 0 Å². The predicted molar refractivity (Wildman–Crippen MR) is 54.9 cm³/mol. The second-order valence-corrected chi connectivity index (χ2v) is 3.39. The van der Waals surface area contributed by atoms with Gasteiger partial charge in [-0.2, -0.15) is 0 Å². The Kier molecular flexibility index (Phi) is 2.52. The van der Waals surface area contributed by atoms with Gasteiger partial charge in [0.25, 0.3) is 5.56 Å². The molecule has 1 aromatic heterocycles. The van der Waals surface area contributed by atoms with Gasteiger partial charge in [-0.05, 0) is 19.1 Å². The van der Waals surface area contributed by atoms with Crippen molar-refractivity contribution >= 4 is 0 Å². The summed E-state index contributed by atoms with van der Waals surface area (Å²) in [4.78, 5) is 17.6. The van der Waals surface area contributed by atoms with Crippen LogP contribution in [-0.4, -0.2) is 9.97 Å². The van der Waals surface area contributed by atoms with Crippen LogP contribution in [0.5, 0.6) is 0 Å². The van der Waals surface area contributed by atoms with Crippen LogP contribution < -0.4 is 5.56 Å². The summed E-state index contributed by atoms with van der Waals surface area (Å²) in [6, 6.07) is 4.29. The molecule has 0 saturated carbocycles. The van der Waals surface area contributed by atoms with Crippen LogP contribution in [0.1, 0.15) is 5.69 Å². The first-order chi connectivity index (χ1) is 7.54. The standard InChI is InChI=1S/C11H8F2N2O/c1-6-2-10(16)15-11(14-6)7-3-8(12)5-9(13)4-7/h2-5H,1H3,(H,14,15,16). The Labute approximate surface area is 89.8 Å². The highest BCUT2D eigenvalue weighted by Crippen LogP contribution is 2.16. The van der Waals surface area contributed by atoms with Gasteiger partial charge in [0.1, 0.15) is 17.5 Å². The molecule has 1 heterocycles. The maximum atomic E-state index is 13.0. The molecule has 5 heteroatoms. The van der Waals surface area contributed by atoms with Crippen molar-refractivity contribution in [2.24, 2.45) is 0 Å². The second kappa shape index (κ2) is 3.84. The monoisotopic (exact) mass is 222 g/mol. The fourth-order valence-corrected chi connectivity index (χ4v) is 1.41. The Bertz CT molecular complexity index is 573. The number of nitrogens with zero attached hydrogens (tertiary/aromatic N) is 1. The molecular weight excluding hydrogens is 214 g/mol. The number of aryl methyl sites for hydroxylation is 1. The number of aromatic nitrogens is 2. The van der Waals surface area contributed by atoms with Gasteiger partial charge in [0.15, 0.2) is 0 Å². The second-order valence-electron chi connectivity index (χ2n) is 3.39. The lowest BCUT2D eigenvalue weighted by Gasteiger charge is -2.02. The maximum Gasteiger partial charge on any atom is 0.251 e. The van der Waals surface area contributed by atoms with Gasteiger partial charge in [-0.15, -0.1) is 0 Å². The topological polar surface area (TPSA) is 45.8 Å². The molecule has 0 radical (unpaired) electrons. The van der Waals surface area contributed by atoms with Crippen molar-refractivity contribution in [1.82, 2.24) is 9.97 Å². The summed E-state index contributed by atoms with van der Waals surface area (Å²) in [6.45, 7) is 1.63. The van der Waals surface area contributed by atoms with E-state index in [2.05, 4.69) is 9.97 Å². The van der Waals surface area contributed by atoms with E-state index in [4.69, 9.17) is 0 Å². The van der Waals surface area contributed by atoms with Crippen molar-refractivity contribution in [3.05, 3.63) is 51.9 Å². The zero-order valence-corrected chi connectivity index (χ0v) is 8.42. The van der Waals surface area contributed by atoms with E-state index in [0.717, 1.165) is 18.2 Å². The Morgan fingerprint density at radius 3 is 2.31 bits per heavy atom. The van der Waals surface area contributed by atoms with Crippen molar-refractivity contribution < 1.29 is 8.78 Å². The van der Waals surface area contributed by atoms with Gasteiger partial charge in [0, 0.05) is 23.4 Å². The van der Waals surface area contributed by atoms with Crippen molar-refractivity contribution in [3.8, 4) is 11.4 Å². The molecule has 3 nitrogen and oxygen atoms in total. The minimum Gasteiger partial charge on any atom is -0.307 e. The summed E-state index contributed by atoms with van der Waals surface area (Å²) in [7, 11) is 0. The summed E-state index contributed by atoms with van der Waals surface area (Å²) in [6.07, 6.45) is 0. The molecule has 1 N–H and O–H groups in total. The molecule has 1 aromatic carbocycles. The molecule has 0 bridgehead atoms. The van der Waals surface area contributed by atoms with E-state index in [-0.39, 0.29) is 16.9 Å². The Morgan fingerprint density at radius 1 is 1.12 bits per heavy atom. The fraction of sp³-hybridized carbons (Fsp3) is 0.0909. The number of H-pyrrole nitrogens is 1. The molecular formula is C11H8F2N2O. The third-order valence-electron chi connectivity index (χ3n) is 2.01. The highest BCUT2D eigenvalue weighted by molar-refractivity contribution is 5.54. The average Bonchev–Trinajstić information content (AvgIpc) is 2.14. The lowest BCUT2D eigenvalue weighted by Crippen LogP contribution is -2.08. The van der Waals surface area contributed by atoms with Crippen LogP contribution in [0, 0.1) is 18.6 Å². The highest BCUT2D eigenvalue weighted by atomic mass is 19.1. The largest absolute Gasteiger partial charge is 0.307 e. The van der Waals surface area contributed by atoms with Gasteiger partial charge in [-0.1, -0.05) is 0 Å². The molecule has 0 aliphatic carbocycles. The van der Waals surface area contributed by atoms with Crippen molar-refractivity contribution in [2.75, 3.05) is 0 Å². The van der Waals surface area contributed by atoms with E-state index in [0.29, 0.717) is 5.69 Å². The summed E-state index contributed by atoms with van der Waals surface area (Å²) in [5.74, 6) is -1.26. The van der Waals surface area contributed by atoms with Gasteiger partial charge in [-0.25, -0.2) is 13.8 Å². The van der Waals surface area contributed by atoms with E-state index in [9.17, 15) is 13.6 Å².